The van der Waals surface area contributed by atoms with Crippen LogP contribution in [0.1, 0.15) is 28.9 Å². The van der Waals surface area contributed by atoms with Gasteiger partial charge in [-0.05, 0) is 37.1 Å². The van der Waals surface area contributed by atoms with Gasteiger partial charge in [-0.15, -0.1) is 23.7 Å². The average Bonchev–Trinajstić information content (AvgIpc) is 3.20. The molecule has 0 aliphatic carbocycles. The summed E-state index contributed by atoms with van der Waals surface area (Å²) in [4.78, 5) is 17.7. The molecule has 2 aromatic rings. The summed E-state index contributed by atoms with van der Waals surface area (Å²) in [6.45, 7) is 5.21. The quantitative estimate of drug-likeness (QED) is 0.336. The molecule has 0 bridgehead atoms. The number of rotatable bonds is 11. The third kappa shape index (κ3) is 9.06. The Labute approximate surface area is 207 Å². The second-order valence-electron chi connectivity index (χ2n) is 7.10. The van der Waals surface area contributed by atoms with E-state index in [1.54, 1.807) is 17.1 Å². The first kappa shape index (κ1) is 26.7. The lowest BCUT2D eigenvalue weighted by atomic mass is 10.2. The fraction of sp³-hybridized carbons (Fsp3) is 0.500. The van der Waals surface area contributed by atoms with E-state index >= 15 is 0 Å². The molecule has 1 amide bonds. The highest BCUT2D eigenvalue weighted by Gasteiger charge is 2.20. The Morgan fingerprint density at radius 1 is 1.35 bits per heavy atom. The van der Waals surface area contributed by atoms with Gasteiger partial charge in [-0.25, -0.2) is 4.98 Å². The molecule has 0 saturated carbocycles. The van der Waals surface area contributed by atoms with Gasteiger partial charge >= 0.3 is 0 Å². The van der Waals surface area contributed by atoms with Crippen molar-refractivity contribution < 1.29 is 9.53 Å². The maximum Gasteiger partial charge on any atom is 0.268 e. The molecule has 3 N–H and O–H groups in total. The number of hydrogen-bond acceptors (Lipinski definition) is 7. The van der Waals surface area contributed by atoms with Crippen LogP contribution in [0, 0.1) is 0 Å². The van der Waals surface area contributed by atoms with Crippen LogP contribution in [0.3, 0.4) is 0 Å². The van der Waals surface area contributed by atoms with E-state index in [0.29, 0.717) is 15.7 Å². The summed E-state index contributed by atoms with van der Waals surface area (Å²) in [6, 6.07) is 5.81. The number of ether oxygens (including phenoxy) is 1. The molecule has 31 heavy (non-hydrogen) atoms. The topological polar surface area (TPSA) is 80.5 Å². The minimum absolute atomic E-state index is 0. The van der Waals surface area contributed by atoms with E-state index in [1.807, 2.05) is 18.2 Å². The predicted molar refractivity (Wildman–Crippen MR) is 132 cm³/mol. The summed E-state index contributed by atoms with van der Waals surface area (Å²) >= 11 is 15.3. The number of nitrogens with two attached hydrogens (primary N) is 1. The van der Waals surface area contributed by atoms with Gasteiger partial charge in [0.05, 0.1) is 22.8 Å². The number of thioether (sulfide) groups is 1. The van der Waals surface area contributed by atoms with Crippen LogP contribution in [0.4, 0.5) is 0 Å². The molecule has 1 aromatic heterocycles. The first-order valence-electron chi connectivity index (χ1n) is 9.88. The van der Waals surface area contributed by atoms with Crippen LogP contribution < -0.4 is 11.1 Å². The van der Waals surface area contributed by atoms with Crippen LogP contribution in [-0.2, 0) is 11.3 Å². The van der Waals surface area contributed by atoms with E-state index in [9.17, 15) is 4.79 Å². The molecule has 6 nitrogen and oxygen atoms in total. The Bertz CT molecular complexity index is 841. The molecular weight excluding hydrogens is 499 g/mol. The van der Waals surface area contributed by atoms with Crippen molar-refractivity contribution in [1.29, 1.82) is 0 Å². The van der Waals surface area contributed by atoms with Crippen molar-refractivity contribution in [3.05, 3.63) is 44.9 Å². The minimum Gasteiger partial charge on any atom is -0.374 e. The molecule has 1 saturated heterocycles. The van der Waals surface area contributed by atoms with Gasteiger partial charge in [-0.2, -0.15) is 0 Å². The number of benzene rings is 1. The highest BCUT2D eigenvalue weighted by molar-refractivity contribution is 8.01. The van der Waals surface area contributed by atoms with Gasteiger partial charge in [0.2, 0.25) is 0 Å². The third-order valence-electron chi connectivity index (χ3n) is 4.69. The highest BCUT2D eigenvalue weighted by Crippen LogP contribution is 2.24. The van der Waals surface area contributed by atoms with Crippen LogP contribution in [0.5, 0.6) is 0 Å². The van der Waals surface area contributed by atoms with Crippen molar-refractivity contribution in [2.24, 2.45) is 5.73 Å². The number of thiazole rings is 1. The van der Waals surface area contributed by atoms with Crippen LogP contribution >= 0.6 is 58.7 Å². The number of carbonyl (C=O) groups excluding carboxylic acids is 1. The third-order valence-corrected chi connectivity index (χ3v) is 7.54. The maximum atomic E-state index is 11.1. The molecule has 11 heteroatoms. The van der Waals surface area contributed by atoms with E-state index < -0.39 is 5.91 Å². The minimum atomic E-state index is -0.470. The average molecular weight is 526 g/mol. The van der Waals surface area contributed by atoms with Crippen molar-refractivity contribution in [3.63, 3.8) is 0 Å². The standard InChI is InChI=1S/C20H26Cl2N4O2S2.ClH/c21-16-4-3-14(9-17(16)22)11-26-6-7-28-15(12-26)10-24-5-1-2-8-29-20-25-18(13-30-20)19(23)27;/h3-4,9,13,15,24H,1-2,5-8,10-12H2,(H2,23,27);1H/t15-;/m0./s1. The molecule has 2 heterocycles. The summed E-state index contributed by atoms with van der Waals surface area (Å²) in [5.74, 6) is 0.507. The van der Waals surface area contributed by atoms with Crippen molar-refractivity contribution in [3.8, 4) is 0 Å². The van der Waals surface area contributed by atoms with E-state index in [1.165, 1.54) is 16.9 Å². The first-order valence-corrected chi connectivity index (χ1v) is 12.5. The summed E-state index contributed by atoms with van der Waals surface area (Å²) in [5.41, 5.74) is 6.74. The van der Waals surface area contributed by atoms with Crippen LogP contribution in [0.2, 0.25) is 10.0 Å². The molecule has 1 fully saturated rings. The second-order valence-corrected chi connectivity index (χ2v) is 10.1. The number of hydrogen-bond donors (Lipinski definition) is 2. The SMILES string of the molecule is Cl.NC(=O)c1csc(SCCCCNC[C@H]2CN(Cc3ccc(Cl)c(Cl)c3)CCO2)n1. The van der Waals surface area contributed by atoms with Crippen molar-refractivity contribution >= 4 is 64.6 Å². The first-order chi connectivity index (χ1) is 14.5. The van der Waals surface area contributed by atoms with Gasteiger partial charge in [0.15, 0.2) is 4.34 Å². The maximum absolute atomic E-state index is 11.1. The molecule has 1 aliphatic rings. The molecule has 0 unspecified atom stereocenters. The summed E-state index contributed by atoms with van der Waals surface area (Å²) < 4.78 is 6.79. The van der Waals surface area contributed by atoms with Gasteiger partial charge in [0.1, 0.15) is 5.69 Å². The van der Waals surface area contributed by atoms with Gasteiger partial charge in [0.25, 0.3) is 5.91 Å². The molecule has 172 valence electrons. The molecule has 1 atom stereocenters. The summed E-state index contributed by atoms with van der Waals surface area (Å²) in [7, 11) is 0. The number of amides is 1. The highest BCUT2D eigenvalue weighted by atomic mass is 35.5. The Balaban J connectivity index is 0.00000341. The zero-order chi connectivity index (χ0) is 21.3. The van der Waals surface area contributed by atoms with E-state index in [-0.39, 0.29) is 18.5 Å². The second kappa shape index (κ2) is 13.9. The number of primary amides is 1. The van der Waals surface area contributed by atoms with Crippen LogP contribution in [0.25, 0.3) is 0 Å². The Morgan fingerprint density at radius 3 is 2.94 bits per heavy atom. The summed E-state index contributed by atoms with van der Waals surface area (Å²) in [5, 5.41) is 6.40. The number of halogens is 3. The molecule has 0 spiro atoms. The number of nitrogens with one attached hydrogen (secondary N) is 1. The number of nitrogens with zero attached hydrogens (tertiary/aromatic N) is 2. The number of morpholine rings is 1. The van der Waals surface area contributed by atoms with Crippen LogP contribution in [0.15, 0.2) is 27.9 Å². The zero-order valence-corrected chi connectivity index (χ0v) is 21.0. The Morgan fingerprint density at radius 2 is 2.19 bits per heavy atom. The lowest BCUT2D eigenvalue weighted by Crippen LogP contribution is -2.46. The number of unbranched alkanes of at least 4 members (excludes halogenated alkanes) is 1. The number of carbonyl (C=O) groups is 1. The fourth-order valence-electron chi connectivity index (χ4n) is 3.16. The molecule has 1 aromatic carbocycles. The lowest BCUT2D eigenvalue weighted by Gasteiger charge is -2.33. The van der Waals surface area contributed by atoms with Gasteiger partial charge in [-0.1, -0.05) is 41.0 Å². The monoisotopic (exact) mass is 524 g/mol. The van der Waals surface area contributed by atoms with Crippen molar-refractivity contribution in [2.75, 3.05) is 38.5 Å². The van der Waals surface area contributed by atoms with Gasteiger partial charge in [-0.3, -0.25) is 9.69 Å². The van der Waals surface area contributed by atoms with Gasteiger partial charge < -0.3 is 15.8 Å². The molecule has 0 radical (unpaired) electrons. The normalized spacial score (nSPS) is 16.8. The van der Waals surface area contributed by atoms with Crippen LogP contribution in [-0.4, -0.2) is 60.4 Å². The van der Waals surface area contributed by atoms with Crippen molar-refractivity contribution in [2.45, 2.75) is 29.8 Å². The zero-order valence-electron chi connectivity index (χ0n) is 17.0. The summed E-state index contributed by atoms with van der Waals surface area (Å²) in [6.07, 6.45) is 2.36. The number of aromatic nitrogens is 1. The smallest absolute Gasteiger partial charge is 0.268 e. The predicted octanol–water partition coefficient (Wildman–Crippen LogP) is 4.33. The Hall–Kier alpha value is -0.580. The Kier molecular flexibility index (Phi) is 11.9. The molecule has 3 rings (SSSR count). The van der Waals surface area contributed by atoms with E-state index in [2.05, 4.69) is 15.2 Å². The fourth-order valence-corrected chi connectivity index (χ4v) is 5.36. The van der Waals surface area contributed by atoms with E-state index in [4.69, 9.17) is 33.7 Å². The molecule has 1 aliphatic heterocycles. The van der Waals surface area contributed by atoms with E-state index in [0.717, 1.165) is 62.3 Å². The lowest BCUT2D eigenvalue weighted by molar-refractivity contribution is -0.0298. The van der Waals surface area contributed by atoms with Crippen molar-refractivity contribution in [1.82, 2.24) is 15.2 Å². The molecular formula is C20H27Cl3N4O2S2. The largest absolute Gasteiger partial charge is 0.374 e. The van der Waals surface area contributed by atoms with Gasteiger partial charge in [0, 0.05) is 37.3 Å².